The molecule has 31 N–H and O–H groups in total. The summed E-state index contributed by atoms with van der Waals surface area (Å²) in [5.41, 5.74) is 53.2. The number of fused-ring (bicyclic) bond motifs is 4. The first-order valence-electron chi connectivity index (χ1n) is 45.1. The fourth-order valence-electron chi connectivity index (χ4n) is 15.7. The highest BCUT2D eigenvalue weighted by atomic mass is 16.2. The van der Waals surface area contributed by atoms with Crippen LogP contribution in [0.5, 0.6) is 0 Å². The number of hydrogen-bond acceptors (Lipinski definition) is 19. The molecule has 0 saturated carbocycles. The van der Waals surface area contributed by atoms with Crippen LogP contribution in [-0.2, 0) is 83.2 Å². The highest BCUT2D eigenvalue weighted by molar-refractivity contribution is 6.01. The molecule has 4 aromatic heterocycles. The SMILES string of the molecule is CC[C@H](C)[C@H](NC(=O)[C@H](Cc1c[nH]c2ccccc12)NC(=O)[C@H](CCCCN)NC(=O)[C@H](CCCCN)NC(=O)[C@@H](NC(=O)[C@H](Cc1c[nH]c2ccccc12)NC(=O)[C@@H](N)CCCCN)[C@@H](C)CC)C(=O)N[C@@H](CCCCN)C(=O)N[C@@H](Cc1c[nH]c2ccccc12)C(=O)N[C@@H](Cc1c[nH]c2ccccc12)C(=O)N[C@@H](CCCCN)C(=O)N[C@@H](CCCCN)C(N)=O. The number of aromatic nitrogens is 4. The number of para-hydroxylation sites is 4. The Morgan fingerprint density at radius 1 is 0.276 bits per heavy atom. The predicted molar refractivity (Wildman–Crippen MR) is 493 cm³/mol. The van der Waals surface area contributed by atoms with Crippen molar-refractivity contribution in [1.82, 2.24) is 78.4 Å². The summed E-state index contributed by atoms with van der Waals surface area (Å²) in [6.45, 7) is 8.90. The van der Waals surface area contributed by atoms with Crippen molar-refractivity contribution in [2.45, 2.75) is 254 Å². The van der Waals surface area contributed by atoms with E-state index in [0.717, 1.165) is 49.2 Å². The van der Waals surface area contributed by atoms with Crippen molar-refractivity contribution in [1.29, 1.82) is 0 Å². The number of primary amides is 1. The number of nitrogens with one attached hydrogen (secondary N) is 15. The van der Waals surface area contributed by atoms with Crippen LogP contribution in [-0.4, -0.2) is 203 Å². The summed E-state index contributed by atoms with van der Waals surface area (Å²) in [6, 6.07) is 14.0. The molecule has 0 aliphatic carbocycles. The van der Waals surface area contributed by atoms with E-state index in [0.29, 0.717) is 126 Å². The Kier molecular flexibility index (Phi) is 41.7. The van der Waals surface area contributed by atoms with Crippen LogP contribution >= 0.6 is 0 Å². The molecule has 0 radical (unpaired) electrons. The van der Waals surface area contributed by atoms with Gasteiger partial charge in [-0.2, -0.15) is 0 Å². The molecule has 14 atom stereocenters. The third-order valence-corrected chi connectivity index (χ3v) is 23.7. The van der Waals surface area contributed by atoms with Crippen LogP contribution in [0.2, 0.25) is 0 Å². The summed E-state index contributed by atoms with van der Waals surface area (Å²) in [4.78, 5) is 191. The van der Waals surface area contributed by atoms with Gasteiger partial charge < -0.3 is 124 Å². The third kappa shape index (κ3) is 30.3. The van der Waals surface area contributed by atoms with E-state index in [1.165, 1.54) is 0 Å². The van der Waals surface area contributed by atoms with Crippen LogP contribution < -0.4 is 104 Å². The molecule has 12 amide bonds. The number of amides is 12. The Bertz CT molecular complexity index is 4890. The van der Waals surface area contributed by atoms with Crippen molar-refractivity contribution in [3.05, 3.63) is 144 Å². The van der Waals surface area contributed by atoms with E-state index in [9.17, 15) is 24.0 Å². The lowest BCUT2D eigenvalue weighted by Gasteiger charge is -2.30. The minimum Gasteiger partial charge on any atom is -0.368 e. The number of carbonyl (C=O) groups excluding carboxylic acids is 12. The minimum absolute atomic E-state index is 0.00950. The van der Waals surface area contributed by atoms with Gasteiger partial charge in [0.05, 0.1) is 6.04 Å². The molecule has 4 aromatic carbocycles. The summed E-state index contributed by atoms with van der Waals surface area (Å²) in [7, 11) is 0. The van der Waals surface area contributed by atoms with E-state index >= 15 is 33.6 Å². The summed E-state index contributed by atoms with van der Waals surface area (Å²) >= 11 is 0. The normalized spacial score (nSPS) is 14.9. The van der Waals surface area contributed by atoms with Gasteiger partial charge in [-0.15, -0.1) is 0 Å². The summed E-state index contributed by atoms with van der Waals surface area (Å²) in [6.07, 6.45) is 13.3. The van der Waals surface area contributed by atoms with Crippen LogP contribution in [0.15, 0.2) is 122 Å². The third-order valence-electron chi connectivity index (χ3n) is 23.7. The first-order chi connectivity index (χ1) is 61.3. The average molecular weight is 1760 g/mol. The zero-order valence-corrected chi connectivity index (χ0v) is 73.9. The van der Waals surface area contributed by atoms with Gasteiger partial charge in [-0.3, -0.25) is 57.5 Å². The molecule has 0 aliphatic heterocycles. The molecule has 4 heterocycles. The molecule has 35 nitrogen and oxygen atoms in total. The number of carbonyl (C=O) groups is 12. The second kappa shape index (κ2) is 52.5. The number of unbranched alkanes of at least 4 members (excludes halogenated alkanes) is 6. The zero-order chi connectivity index (χ0) is 91.9. The molecule has 692 valence electrons. The standard InChI is InChI=1S/C92H137N23O12/c1-5-55(3)79(114-89(124)77(110-82(117)65(99)31-15-21-41-93)49-59-53-103-68-34-13-9-29-63(59)68)91(126)108-73(39-19-25-45-97)84(119)106-72(38-18-24-44-96)85(120)112-78(50-60-54-104-69-35-14-10-30-64(60)69)90(125)115-80(56(4)6-2)92(127)109-74(40-20-26-46-98)86(121)111-76(48-58-52-102-67-33-12-8-28-62(58)67)88(123)113-75(47-57-51-101-66-32-11-7-27-61(57)66)87(122)107-71(37-17-23-43-95)83(118)105-70(81(100)116)36-16-22-42-94/h7-14,27-30,32-35,51-56,65,70-80,101-104H,5-6,15-26,31,36-50,93-99H2,1-4H3,(H2,100,116)(H,105,118)(H,106,119)(H,107,122)(H,108,126)(H,109,127)(H,110,117)(H,111,121)(H,112,120)(H,113,123)(H,114,124)(H,115,125)/t55-,56-,65-,70-,71-,72-,73-,74-,75-,76-,77-,78-,79-,80-/m0/s1. The fraction of sp³-hybridized carbons (Fsp3) is 0.522. The molecule has 127 heavy (non-hydrogen) atoms. The molecule has 8 aromatic rings. The molecule has 0 saturated heterocycles. The number of H-pyrrole nitrogens is 4. The average Bonchev–Trinajstić information content (AvgIpc) is 1.46. The van der Waals surface area contributed by atoms with Gasteiger partial charge in [0.25, 0.3) is 0 Å². The largest absolute Gasteiger partial charge is 0.368 e. The lowest BCUT2D eigenvalue weighted by atomic mass is 9.96. The van der Waals surface area contributed by atoms with Crippen LogP contribution in [0.4, 0.5) is 0 Å². The maximum absolute atomic E-state index is 15.6. The Balaban J connectivity index is 1.07. The topological polar surface area (TPSA) is 608 Å². The van der Waals surface area contributed by atoms with Gasteiger partial charge in [0.15, 0.2) is 0 Å². The lowest BCUT2D eigenvalue weighted by Crippen LogP contribution is -2.62. The van der Waals surface area contributed by atoms with E-state index < -0.39 is 155 Å². The molecule has 0 aliphatic rings. The molecule has 0 spiro atoms. The quantitative estimate of drug-likeness (QED) is 0.0244. The minimum atomic E-state index is -1.47. The maximum atomic E-state index is 15.6. The van der Waals surface area contributed by atoms with Crippen molar-refractivity contribution in [2.75, 3.05) is 39.3 Å². The number of benzene rings is 4. The van der Waals surface area contributed by atoms with Gasteiger partial charge in [0.1, 0.15) is 66.5 Å². The van der Waals surface area contributed by atoms with Gasteiger partial charge in [0.2, 0.25) is 70.9 Å². The van der Waals surface area contributed by atoms with Gasteiger partial charge >= 0.3 is 0 Å². The van der Waals surface area contributed by atoms with Gasteiger partial charge in [-0.1, -0.05) is 120 Å². The number of nitrogens with two attached hydrogens (primary N) is 8. The molecule has 8 rings (SSSR count). The molecule has 0 bridgehead atoms. The van der Waals surface area contributed by atoms with Gasteiger partial charge in [-0.25, -0.2) is 0 Å². The van der Waals surface area contributed by atoms with E-state index in [1.807, 2.05) is 111 Å². The van der Waals surface area contributed by atoms with Crippen LogP contribution in [0.25, 0.3) is 43.6 Å². The molecular formula is C92H137N23O12. The van der Waals surface area contributed by atoms with Crippen molar-refractivity contribution < 1.29 is 57.5 Å². The first kappa shape index (κ1) is 101. The maximum Gasteiger partial charge on any atom is 0.243 e. The van der Waals surface area contributed by atoms with E-state index in [1.54, 1.807) is 38.6 Å². The fourth-order valence-corrected chi connectivity index (χ4v) is 15.7. The van der Waals surface area contributed by atoms with Crippen molar-refractivity contribution in [2.24, 2.45) is 57.7 Å². The Labute approximate surface area is 742 Å². The van der Waals surface area contributed by atoms with E-state index in [2.05, 4.69) is 78.4 Å². The monoisotopic (exact) mass is 1760 g/mol. The number of hydrogen-bond donors (Lipinski definition) is 23. The van der Waals surface area contributed by atoms with Crippen LogP contribution in [0.3, 0.4) is 0 Å². The smallest absolute Gasteiger partial charge is 0.243 e. The predicted octanol–water partition coefficient (Wildman–Crippen LogP) is 2.89. The summed E-state index contributed by atoms with van der Waals surface area (Å²) in [5.74, 6) is -10.1. The Morgan fingerprint density at radius 2 is 0.488 bits per heavy atom. The van der Waals surface area contributed by atoms with Crippen molar-refractivity contribution >= 4 is 114 Å². The molecular weight excluding hydrogens is 1620 g/mol. The summed E-state index contributed by atoms with van der Waals surface area (Å²) in [5, 5.41) is 34.8. The second-order valence-electron chi connectivity index (χ2n) is 33.3. The highest BCUT2D eigenvalue weighted by Crippen LogP contribution is 2.26. The van der Waals surface area contributed by atoms with Crippen LogP contribution in [0, 0.1) is 11.8 Å². The molecule has 0 unspecified atom stereocenters. The summed E-state index contributed by atoms with van der Waals surface area (Å²) < 4.78 is 0. The van der Waals surface area contributed by atoms with E-state index in [-0.39, 0.29) is 84.0 Å². The Hall–Kier alpha value is -11.6. The Morgan fingerprint density at radius 3 is 0.748 bits per heavy atom. The molecule has 0 fully saturated rings. The van der Waals surface area contributed by atoms with Crippen molar-refractivity contribution in [3.8, 4) is 0 Å². The second-order valence-corrected chi connectivity index (χ2v) is 33.3. The van der Waals surface area contributed by atoms with E-state index in [4.69, 9.17) is 45.9 Å². The number of aromatic amines is 4. The van der Waals surface area contributed by atoms with Gasteiger partial charge in [-0.05, 0) is 207 Å². The van der Waals surface area contributed by atoms with Crippen LogP contribution in [0.1, 0.15) is 178 Å². The number of rotatable bonds is 59. The zero-order valence-electron chi connectivity index (χ0n) is 73.9. The highest BCUT2D eigenvalue weighted by Gasteiger charge is 2.40. The van der Waals surface area contributed by atoms with Crippen molar-refractivity contribution in [3.63, 3.8) is 0 Å². The first-order valence-corrected chi connectivity index (χ1v) is 45.1. The molecule has 35 heteroatoms. The lowest BCUT2D eigenvalue weighted by molar-refractivity contribution is -0.137. The van der Waals surface area contributed by atoms with Gasteiger partial charge in [0, 0.05) is 94.1 Å².